The van der Waals surface area contributed by atoms with Crippen LogP contribution < -0.4 is 5.32 Å². The minimum atomic E-state index is -1.57. The third kappa shape index (κ3) is 38.1. The molecule has 1 saturated heterocycles. The third-order valence-corrected chi connectivity index (χ3v) is 14.0. The molecule has 0 bridgehead atoms. The normalized spacial score (nSPS) is 19.8. The Bertz CT molecular complexity index is 1100. The second-order valence-corrected chi connectivity index (χ2v) is 20.4. The molecule has 396 valence electrons. The van der Waals surface area contributed by atoms with Crippen molar-refractivity contribution < 1.29 is 39.8 Å². The average molecular weight is 951 g/mol. The van der Waals surface area contributed by atoms with Crippen molar-refractivity contribution in [3.63, 3.8) is 0 Å². The summed E-state index contributed by atoms with van der Waals surface area (Å²) in [5.74, 6) is -0.182. The molecule has 9 nitrogen and oxygen atoms in total. The molecule has 0 aromatic carbocycles. The first kappa shape index (κ1) is 63.7. The summed E-state index contributed by atoms with van der Waals surface area (Å²) in [4.78, 5) is 13.0. The molecule has 1 heterocycles. The summed E-state index contributed by atoms with van der Waals surface area (Å²) in [6, 6.07) is -0.818. The zero-order valence-corrected chi connectivity index (χ0v) is 43.9. The van der Waals surface area contributed by atoms with E-state index in [2.05, 4.69) is 31.3 Å². The number of nitrogens with one attached hydrogen (secondary N) is 1. The first-order valence-electron chi connectivity index (χ1n) is 29.1. The molecule has 7 unspecified atom stereocenters. The highest BCUT2D eigenvalue weighted by molar-refractivity contribution is 5.76. The number of unbranched alkanes of at least 4 members (excludes halogenated alkanes) is 38. The van der Waals surface area contributed by atoms with E-state index in [-0.39, 0.29) is 12.5 Å². The smallest absolute Gasteiger partial charge is 0.220 e. The van der Waals surface area contributed by atoms with E-state index in [1.807, 2.05) is 6.08 Å². The van der Waals surface area contributed by atoms with Gasteiger partial charge in [-0.2, -0.15) is 0 Å². The summed E-state index contributed by atoms with van der Waals surface area (Å²) in [5.41, 5.74) is 0. The van der Waals surface area contributed by atoms with Crippen LogP contribution in [0, 0.1) is 0 Å². The largest absolute Gasteiger partial charge is 0.394 e. The summed E-state index contributed by atoms with van der Waals surface area (Å²) < 4.78 is 11.2. The predicted molar refractivity (Wildman–Crippen MR) is 281 cm³/mol. The number of hydrogen-bond acceptors (Lipinski definition) is 8. The van der Waals surface area contributed by atoms with Crippen LogP contribution in [0.4, 0.5) is 0 Å². The van der Waals surface area contributed by atoms with Crippen molar-refractivity contribution in [1.29, 1.82) is 0 Å². The van der Waals surface area contributed by atoms with Crippen LogP contribution in [0.2, 0.25) is 0 Å². The maximum absolute atomic E-state index is 13.0. The standard InChI is InChI=1S/C58H111NO8/c1-3-5-7-9-11-13-15-17-19-20-21-22-23-24-25-26-27-28-29-30-31-32-34-35-37-39-41-43-45-47-52(61)51(50-66-58-57(65)56(64)55(63)53(49-60)67-58)59-54(62)48-46-44-42-40-38-36-33-18-16-14-12-10-8-6-4-2/h37,39,45,47,51-53,55-58,60-61,63-65H,3-36,38,40-44,46,48-50H2,1-2H3,(H,59,62)/b39-37+,47-45+. The number of ether oxygens (including phenoxy) is 2. The molecule has 1 aliphatic rings. The van der Waals surface area contributed by atoms with Gasteiger partial charge in [-0.05, 0) is 32.1 Å². The lowest BCUT2D eigenvalue weighted by Gasteiger charge is -2.40. The van der Waals surface area contributed by atoms with Crippen LogP contribution in [0.1, 0.15) is 284 Å². The van der Waals surface area contributed by atoms with Crippen molar-refractivity contribution in [2.75, 3.05) is 13.2 Å². The Hall–Kier alpha value is -1.33. The van der Waals surface area contributed by atoms with Gasteiger partial charge < -0.3 is 40.3 Å². The van der Waals surface area contributed by atoms with Crippen molar-refractivity contribution in [2.45, 2.75) is 326 Å². The molecule has 1 amide bonds. The van der Waals surface area contributed by atoms with E-state index in [9.17, 15) is 30.3 Å². The van der Waals surface area contributed by atoms with Gasteiger partial charge in [0.1, 0.15) is 24.4 Å². The molecule has 0 aromatic heterocycles. The van der Waals surface area contributed by atoms with Gasteiger partial charge in [-0.25, -0.2) is 0 Å². The Labute approximate surface area is 413 Å². The zero-order valence-electron chi connectivity index (χ0n) is 43.9. The van der Waals surface area contributed by atoms with Gasteiger partial charge in [0, 0.05) is 6.42 Å². The molecule has 1 fully saturated rings. The van der Waals surface area contributed by atoms with E-state index < -0.39 is 49.5 Å². The zero-order chi connectivity index (χ0) is 48.7. The molecule has 0 saturated carbocycles. The minimum absolute atomic E-state index is 0.182. The number of aliphatic hydroxyl groups excluding tert-OH is 5. The summed E-state index contributed by atoms with van der Waals surface area (Å²) in [7, 11) is 0. The quantitative estimate of drug-likeness (QED) is 0.0261. The maximum Gasteiger partial charge on any atom is 0.220 e. The first-order chi connectivity index (χ1) is 32.8. The highest BCUT2D eigenvalue weighted by Crippen LogP contribution is 2.23. The van der Waals surface area contributed by atoms with E-state index in [0.29, 0.717) is 6.42 Å². The van der Waals surface area contributed by atoms with Crippen molar-refractivity contribution in [3.8, 4) is 0 Å². The molecule has 0 spiro atoms. The molecule has 1 aliphatic heterocycles. The molecule has 9 heteroatoms. The predicted octanol–water partition coefficient (Wildman–Crippen LogP) is 14.2. The summed E-state index contributed by atoms with van der Waals surface area (Å²) in [6.07, 6.45) is 54.0. The van der Waals surface area contributed by atoms with Gasteiger partial charge in [-0.3, -0.25) is 4.79 Å². The van der Waals surface area contributed by atoms with E-state index in [1.165, 1.54) is 225 Å². The average Bonchev–Trinajstić information content (AvgIpc) is 3.33. The van der Waals surface area contributed by atoms with Crippen LogP contribution in [-0.4, -0.2) is 87.5 Å². The molecule has 6 N–H and O–H groups in total. The van der Waals surface area contributed by atoms with Crippen molar-refractivity contribution in [2.24, 2.45) is 0 Å². The Morgan fingerprint density at radius 1 is 0.493 bits per heavy atom. The lowest BCUT2D eigenvalue weighted by atomic mass is 9.99. The summed E-state index contributed by atoms with van der Waals surface area (Å²) in [6.45, 7) is 3.79. The van der Waals surface area contributed by atoms with Gasteiger partial charge in [-0.1, -0.05) is 269 Å². The SMILES string of the molecule is CCCCCCCCCCCCCCCCCCCCCCCCC/C=C/CC/C=C/C(O)C(COC1OC(CO)C(O)C(O)C1O)NC(=O)CCCCCCCCCCCCCCCCC. The van der Waals surface area contributed by atoms with Crippen LogP contribution in [0.5, 0.6) is 0 Å². The second kappa shape index (κ2) is 48.3. The fourth-order valence-corrected chi connectivity index (χ4v) is 9.41. The number of hydrogen-bond donors (Lipinski definition) is 6. The molecular formula is C58H111NO8. The molecule has 0 aliphatic carbocycles. The maximum atomic E-state index is 13.0. The van der Waals surface area contributed by atoms with Crippen molar-refractivity contribution in [3.05, 3.63) is 24.3 Å². The van der Waals surface area contributed by atoms with Crippen molar-refractivity contribution >= 4 is 5.91 Å². The Kier molecular flexibility index (Phi) is 45.9. The van der Waals surface area contributed by atoms with Crippen LogP contribution in [0.15, 0.2) is 24.3 Å². The van der Waals surface area contributed by atoms with Gasteiger partial charge in [0.05, 0.1) is 25.4 Å². The fourth-order valence-electron chi connectivity index (χ4n) is 9.41. The highest BCUT2D eigenvalue weighted by Gasteiger charge is 2.44. The monoisotopic (exact) mass is 950 g/mol. The van der Waals surface area contributed by atoms with Gasteiger partial charge in [0.15, 0.2) is 6.29 Å². The van der Waals surface area contributed by atoms with Gasteiger partial charge in [0.25, 0.3) is 0 Å². The first-order valence-corrected chi connectivity index (χ1v) is 29.1. The highest BCUT2D eigenvalue weighted by atomic mass is 16.7. The van der Waals surface area contributed by atoms with E-state index in [4.69, 9.17) is 9.47 Å². The van der Waals surface area contributed by atoms with E-state index in [0.717, 1.165) is 38.5 Å². The number of allylic oxidation sites excluding steroid dienone is 3. The lowest BCUT2D eigenvalue weighted by Crippen LogP contribution is -2.60. The molecule has 0 radical (unpaired) electrons. The Morgan fingerprint density at radius 2 is 0.851 bits per heavy atom. The molecule has 7 atom stereocenters. The second-order valence-electron chi connectivity index (χ2n) is 20.4. The van der Waals surface area contributed by atoms with Crippen LogP contribution in [0.25, 0.3) is 0 Å². The van der Waals surface area contributed by atoms with E-state index in [1.54, 1.807) is 6.08 Å². The molecule has 1 rings (SSSR count). The molecule has 0 aromatic rings. The van der Waals surface area contributed by atoms with Crippen LogP contribution >= 0.6 is 0 Å². The molecule has 67 heavy (non-hydrogen) atoms. The number of carbonyl (C=O) groups is 1. The number of amides is 1. The van der Waals surface area contributed by atoms with Gasteiger partial charge >= 0.3 is 0 Å². The topological polar surface area (TPSA) is 149 Å². The Balaban J connectivity index is 2.20. The molecular weight excluding hydrogens is 839 g/mol. The van der Waals surface area contributed by atoms with Gasteiger partial charge in [0.2, 0.25) is 5.91 Å². The number of carbonyl (C=O) groups excluding carboxylic acids is 1. The minimum Gasteiger partial charge on any atom is -0.394 e. The number of rotatable bonds is 50. The summed E-state index contributed by atoms with van der Waals surface area (Å²) >= 11 is 0. The van der Waals surface area contributed by atoms with E-state index >= 15 is 0 Å². The summed E-state index contributed by atoms with van der Waals surface area (Å²) in [5, 5.41) is 54.4. The van der Waals surface area contributed by atoms with Crippen LogP contribution in [0.3, 0.4) is 0 Å². The lowest BCUT2D eigenvalue weighted by molar-refractivity contribution is -0.302. The Morgan fingerprint density at radius 3 is 1.25 bits per heavy atom. The van der Waals surface area contributed by atoms with Crippen molar-refractivity contribution in [1.82, 2.24) is 5.32 Å². The fraction of sp³-hybridized carbons (Fsp3) is 0.914. The van der Waals surface area contributed by atoms with Crippen LogP contribution in [-0.2, 0) is 14.3 Å². The third-order valence-electron chi connectivity index (χ3n) is 14.0. The van der Waals surface area contributed by atoms with Gasteiger partial charge in [-0.15, -0.1) is 0 Å². The number of aliphatic hydroxyl groups is 5.